The summed E-state index contributed by atoms with van der Waals surface area (Å²) in [5.74, 6) is 1.14. The first kappa shape index (κ1) is 16.0. The van der Waals surface area contributed by atoms with Crippen molar-refractivity contribution in [2.45, 2.75) is 57.1 Å². The molecule has 1 saturated carbocycles. The van der Waals surface area contributed by atoms with Crippen LogP contribution in [-0.2, 0) is 14.3 Å². The van der Waals surface area contributed by atoms with E-state index < -0.39 is 0 Å². The third-order valence-electron chi connectivity index (χ3n) is 4.89. The maximum absolute atomic E-state index is 11.7. The van der Waals surface area contributed by atoms with Gasteiger partial charge in [-0.3, -0.25) is 4.79 Å². The maximum atomic E-state index is 11.7. The van der Waals surface area contributed by atoms with Crippen LogP contribution in [0.4, 0.5) is 0 Å². The van der Waals surface area contributed by atoms with Gasteiger partial charge in [0.05, 0.1) is 19.6 Å². The van der Waals surface area contributed by atoms with Crippen LogP contribution < -0.4 is 0 Å². The van der Waals surface area contributed by atoms with Crippen LogP contribution in [0.1, 0.15) is 50.5 Å². The molecule has 0 unspecified atom stereocenters. The van der Waals surface area contributed by atoms with E-state index in [1.807, 2.05) is 30.3 Å². The summed E-state index contributed by atoms with van der Waals surface area (Å²) < 4.78 is 10.8. The van der Waals surface area contributed by atoms with Gasteiger partial charge in [0, 0.05) is 5.56 Å². The minimum absolute atomic E-state index is 0.0624. The average molecular weight is 315 g/mol. The molecule has 2 atom stereocenters. The van der Waals surface area contributed by atoms with Crippen molar-refractivity contribution in [1.82, 2.24) is 0 Å². The van der Waals surface area contributed by atoms with Crippen molar-refractivity contribution in [3.8, 4) is 0 Å². The Morgan fingerprint density at radius 3 is 2.65 bits per heavy atom. The first-order valence-electron chi connectivity index (χ1n) is 8.63. The molecule has 0 amide bonds. The van der Waals surface area contributed by atoms with Crippen molar-refractivity contribution in [3.63, 3.8) is 0 Å². The van der Waals surface area contributed by atoms with E-state index in [0.717, 1.165) is 12.0 Å². The number of nitrogens with zero attached hydrogens (tertiary/aromatic N) is 1. The lowest BCUT2D eigenvalue weighted by Gasteiger charge is -2.25. The Morgan fingerprint density at radius 1 is 1.22 bits per heavy atom. The van der Waals surface area contributed by atoms with Crippen molar-refractivity contribution in [2.75, 3.05) is 7.11 Å². The van der Waals surface area contributed by atoms with E-state index >= 15 is 0 Å². The molecule has 1 fully saturated rings. The van der Waals surface area contributed by atoms with Crippen LogP contribution in [0.2, 0.25) is 0 Å². The summed E-state index contributed by atoms with van der Waals surface area (Å²) in [6.45, 7) is 0. The number of esters is 1. The molecule has 3 rings (SSSR count). The van der Waals surface area contributed by atoms with Crippen LogP contribution in [0.5, 0.6) is 0 Å². The highest BCUT2D eigenvalue weighted by atomic mass is 16.5. The zero-order valence-electron chi connectivity index (χ0n) is 13.7. The van der Waals surface area contributed by atoms with Crippen LogP contribution in [0.15, 0.2) is 35.3 Å². The van der Waals surface area contributed by atoms with Gasteiger partial charge in [-0.25, -0.2) is 4.99 Å². The second-order valence-electron chi connectivity index (χ2n) is 6.54. The molecule has 4 nitrogen and oxygen atoms in total. The zero-order valence-corrected chi connectivity index (χ0v) is 13.7. The maximum Gasteiger partial charge on any atom is 0.309 e. The number of hydrogen-bond acceptors (Lipinski definition) is 4. The van der Waals surface area contributed by atoms with E-state index in [1.54, 1.807) is 0 Å². The Balaban J connectivity index is 1.72. The number of carbonyl (C=O) groups is 1. The Hall–Kier alpha value is -1.84. The van der Waals surface area contributed by atoms with Crippen LogP contribution in [0.3, 0.4) is 0 Å². The third kappa shape index (κ3) is 4.12. The van der Waals surface area contributed by atoms with Gasteiger partial charge in [-0.15, -0.1) is 0 Å². The molecule has 23 heavy (non-hydrogen) atoms. The Bertz CT molecular complexity index is 549. The fourth-order valence-electron chi connectivity index (χ4n) is 3.60. The third-order valence-corrected chi connectivity index (χ3v) is 4.89. The summed E-state index contributed by atoms with van der Waals surface area (Å²) in [6, 6.07) is 9.99. The predicted molar refractivity (Wildman–Crippen MR) is 89.5 cm³/mol. The highest BCUT2D eigenvalue weighted by Crippen LogP contribution is 2.32. The Labute approximate surface area is 137 Å². The summed E-state index contributed by atoms with van der Waals surface area (Å²) in [5.41, 5.74) is 0.980. The van der Waals surface area contributed by atoms with Crippen molar-refractivity contribution in [1.29, 1.82) is 0 Å². The fraction of sp³-hybridized carbons (Fsp3) is 0.579. The minimum atomic E-state index is -0.229. The molecule has 0 bridgehead atoms. The molecule has 0 spiro atoms. The Morgan fingerprint density at radius 2 is 1.96 bits per heavy atom. The number of hydrogen-bond donors (Lipinski definition) is 0. The summed E-state index contributed by atoms with van der Waals surface area (Å²) in [5, 5.41) is 0. The molecule has 1 aliphatic carbocycles. The van der Waals surface area contributed by atoms with E-state index in [2.05, 4.69) is 0 Å². The van der Waals surface area contributed by atoms with Gasteiger partial charge in [0.25, 0.3) is 0 Å². The van der Waals surface area contributed by atoms with Gasteiger partial charge < -0.3 is 9.47 Å². The van der Waals surface area contributed by atoms with Crippen molar-refractivity contribution in [3.05, 3.63) is 35.9 Å². The van der Waals surface area contributed by atoms with Gasteiger partial charge in [-0.05, 0) is 24.5 Å². The largest absolute Gasteiger partial charge is 0.471 e. The number of methoxy groups -OCH3 is 1. The quantitative estimate of drug-likeness (QED) is 0.778. The van der Waals surface area contributed by atoms with Crippen LogP contribution in [0.25, 0.3) is 0 Å². The predicted octanol–water partition coefficient (Wildman–Crippen LogP) is 3.73. The molecule has 0 aromatic heterocycles. The average Bonchev–Trinajstić information content (AvgIpc) is 2.99. The summed E-state index contributed by atoms with van der Waals surface area (Å²) in [6.07, 6.45) is 7.62. The Kier molecular flexibility index (Phi) is 5.31. The molecule has 4 heteroatoms. The van der Waals surface area contributed by atoms with E-state index in [0.29, 0.717) is 11.8 Å². The summed E-state index contributed by atoms with van der Waals surface area (Å²) in [4.78, 5) is 16.5. The van der Waals surface area contributed by atoms with E-state index in [9.17, 15) is 4.79 Å². The molecule has 1 aromatic rings. The SMILES string of the molecule is COC(=O)C[C@@H]1OC(c2ccccc2)=N[C@H]1CC1CCCCC1. The highest BCUT2D eigenvalue weighted by molar-refractivity contribution is 5.95. The summed E-state index contributed by atoms with van der Waals surface area (Å²) >= 11 is 0. The topological polar surface area (TPSA) is 47.9 Å². The highest BCUT2D eigenvalue weighted by Gasteiger charge is 2.35. The first-order chi connectivity index (χ1) is 11.3. The molecular formula is C19H25NO3. The van der Waals surface area contributed by atoms with Gasteiger partial charge in [-0.1, -0.05) is 50.3 Å². The smallest absolute Gasteiger partial charge is 0.309 e. The lowest BCUT2D eigenvalue weighted by Crippen LogP contribution is -2.28. The molecule has 124 valence electrons. The molecular weight excluding hydrogens is 290 g/mol. The van der Waals surface area contributed by atoms with E-state index in [-0.39, 0.29) is 24.5 Å². The molecule has 0 N–H and O–H groups in total. The minimum Gasteiger partial charge on any atom is -0.471 e. The van der Waals surface area contributed by atoms with Crippen LogP contribution in [-0.4, -0.2) is 31.1 Å². The van der Waals surface area contributed by atoms with Gasteiger partial charge in [-0.2, -0.15) is 0 Å². The van der Waals surface area contributed by atoms with E-state index in [1.165, 1.54) is 39.2 Å². The number of aliphatic imine (C=N–C) groups is 1. The summed E-state index contributed by atoms with van der Waals surface area (Å²) in [7, 11) is 1.42. The molecule has 0 radical (unpaired) electrons. The molecule has 1 aromatic carbocycles. The number of benzene rings is 1. The lowest BCUT2D eigenvalue weighted by atomic mass is 9.83. The van der Waals surface area contributed by atoms with Gasteiger partial charge in [0.15, 0.2) is 0 Å². The van der Waals surface area contributed by atoms with Crippen molar-refractivity contribution >= 4 is 11.9 Å². The van der Waals surface area contributed by atoms with Gasteiger partial charge >= 0.3 is 5.97 Å². The monoisotopic (exact) mass is 315 g/mol. The van der Waals surface area contributed by atoms with Crippen molar-refractivity contribution in [2.24, 2.45) is 10.9 Å². The van der Waals surface area contributed by atoms with Crippen molar-refractivity contribution < 1.29 is 14.3 Å². The van der Waals surface area contributed by atoms with Gasteiger partial charge in [0.2, 0.25) is 5.90 Å². The molecule has 0 saturated heterocycles. The van der Waals surface area contributed by atoms with Crippen LogP contribution >= 0.6 is 0 Å². The fourth-order valence-corrected chi connectivity index (χ4v) is 3.60. The second-order valence-corrected chi connectivity index (χ2v) is 6.54. The first-order valence-corrected chi connectivity index (χ1v) is 8.63. The van der Waals surface area contributed by atoms with Crippen LogP contribution in [0, 0.1) is 5.92 Å². The normalized spacial score (nSPS) is 24.8. The zero-order chi connectivity index (χ0) is 16.1. The van der Waals surface area contributed by atoms with Gasteiger partial charge in [0.1, 0.15) is 6.10 Å². The molecule has 1 heterocycles. The molecule has 1 aliphatic heterocycles. The number of carbonyl (C=O) groups excluding carboxylic acids is 1. The number of rotatable bonds is 5. The standard InChI is InChI=1S/C19H25NO3/c1-22-18(21)13-17-16(12-14-8-4-2-5-9-14)20-19(23-17)15-10-6-3-7-11-15/h3,6-7,10-11,14,16-17H,2,4-5,8-9,12-13H2,1H3/t16-,17-/m0/s1. The number of ether oxygens (including phenoxy) is 2. The lowest BCUT2D eigenvalue weighted by molar-refractivity contribution is -0.142. The van der Waals surface area contributed by atoms with E-state index in [4.69, 9.17) is 14.5 Å². The second kappa shape index (κ2) is 7.62. The molecule has 2 aliphatic rings.